The molecule has 0 radical (unpaired) electrons. The Balaban J connectivity index is 3.01. The Hall–Kier alpha value is -1.28. The van der Waals surface area contributed by atoms with E-state index in [2.05, 4.69) is 9.72 Å². The second-order valence-corrected chi connectivity index (χ2v) is 8.04. The largest absolute Gasteiger partial charge is 0.489 e. The molecule has 0 spiro atoms. The van der Waals surface area contributed by atoms with E-state index >= 15 is 0 Å². The van der Waals surface area contributed by atoms with Crippen molar-refractivity contribution in [3.05, 3.63) is 18.0 Å². The molecule has 0 saturated heterocycles. The molecule has 0 fully saturated rings. The van der Waals surface area contributed by atoms with Crippen molar-refractivity contribution in [1.82, 2.24) is 4.98 Å². The molecule has 0 saturated carbocycles. The van der Waals surface area contributed by atoms with Crippen LogP contribution in [0.5, 0.6) is 5.75 Å². The number of hydrogen-bond donors (Lipinski definition) is 0. The maximum absolute atomic E-state index is 12.0. The van der Waals surface area contributed by atoms with Crippen molar-refractivity contribution in [2.75, 3.05) is 12.9 Å². The Morgan fingerprint density at radius 2 is 1.91 bits per heavy atom. The molecule has 0 N–H and O–H groups in total. The van der Waals surface area contributed by atoms with Crippen LogP contribution in [0.1, 0.15) is 33.4 Å². The summed E-state index contributed by atoms with van der Waals surface area (Å²) in [6, 6.07) is 1.36. The van der Waals surface area contributed by atoms with Gasteiger partial charge in [-0.05, 0) is 6.92 Å². The zero-order valence-electron chi connectivity index (χ0n) is 13.3. The van der Waals surface area contributed by atoms with Gasteiger partial charge in [0.05, 0.1) is 22.9 Å². The second kappa shape index (κ2) is 6.87. The van der Waals surface area contributed by atoms with Gasteiger partial charge in [0.1, 0.15) is 12.4 Å². The highest BCUT2D eigenvalue weighted by atomic mass is 32.2. The van der Waals surface area contributed by atoms with Crippen LogP contribution in [0, 0.1) is 0 Å². The Bertz CT molecular complexity index is 612. The van der Waals surface area contributed by atoms with Crippen molar-refractivity contribution in [1.29, 1.82) is 0 Å². The van der Waals surface area contributed by atoms with Crippen molar-refractivity contribution >= 4 is 9.84 Å². The Kier molecular flexibility index (Phi) is 5.86. The molecule has 8 heteroatoms. The number of nitrogens with zero attached hydrogens (tertiary/aromatic N) is 1. The molecule has 1 rings (SSSR count). The van der Waals surface area contributed by atoms with Gasteiger partial charge in [0, 0.05) is 17.7 Å². The summed E-state index contributed by atoms with van der Waals surface area (Å²) in [6.07, 6.45) is 1.64. The third kappa shape index (κ3) is 5.49. The van der Waals surface area contributed by atoms with E-state index in [1.54, 1.807) is 0 Å². The average Bonchev–Trinajstić information content (AvgIpc) is 2.33. The maximum atomic E-state index is 12.0. The first-order valence-corrected chi connectivity index (χ1v) is 8.57. The fourth-order valence-electron chi connectivity index (χ4n) is 1.78. The summed E-state index contributed by atoms with van der Waals surface area (Å²) < 4.78 is 57.5. The predicted molar refractivity (Wildman–Crippen MR) is 78.1 cm³/mol. The summed E-state index contributed by atoms with van der Waals surface area (Å²) >= 11 is 0. The zero-order chi connectivity index (χ0) is 17.1. The number of sulfone groups is 1. The lowest BCUT2D eigenvalue weighted by atomic mass is 9.91. The lowest BCUT2D eigenvalue weighted by Gasteiger charge is -2.21. The Morgan fingerprint density at radius 1 is 1.32 bits per heavy atom. The first kappa shape index (κ1) is 18.8. The molecule has 22 heavy (non-hydrogen) atoms. The molecular weight excluding hydrogens is 316 g/mol. The molecule has 0 aliphatic carbocycles. The first-order valence-electron chi connectivity index (χ1n) is 6.68. The Morgan fingerprint density at radius 3 is 2.36 bits per heavy atom. The number of rotatable bonds is 6. The minimum atomic E-state index is -3.49. The van der Waals surface area contributed by atoms with E-state index in [0.29, 0.717) is 5.69 Å². The molecule has 0 amide bonds. The summed E-state index contributed by atoms with van der Waals surface area (Å²) in [6.45, 7) is 3.96. The fourth-order valence-corrected chi connectivity index (χ4v) is 2.82. The summed E-state index contributed by atoms with van der Waals surface area (Å²) in [4.78, 5) is 4.23. The number of ether oxygens (including phenoxy) is 2. The topological polar surface area (TPSA) is 65.5 Å². The van der Waals surface area contributed by atoms with Crippen LogP contribution in [0.25, 0.3) is 0 Å². The normalized spacial score (nSPS) is 14.2. The number of aromatic nitrogens is 1. The van der Waals surface area contributed by atoms with Crippen LogP contribution in [-0.2, 0) is 20.0 Å². The van der Waals surface area contributed by atoms with Crippen LogP contribution >= 0.6 is 0 Å². The van der Waals surface area contributed by atoms with Crippen molar-refractivity contribution in [2.45, 2.75) is 50.7 Å². The SMILES string of the molecule is CC(COc1cnc(C(C)(C)C)c(S(C)(=O)=O)c1)OC(F)F. The molecule has 0 bridgehead atoms. The van der Waals surface area contributed by atoms with Crippen LogP contribution in [-0.4, -0.2) is 39.0 Å². The van der Waals surface area contributed by atoms with Gasteiger partial charge in [0.15, 0.2) is 9.84 Å². The number of hydrogen-bond acceptors (Lipinski definition) is 5. The summed E-state index contributed by atoms with van der Waals surface area (Å²) in [5.74, 6) is 0.193. The van der Waals surface area contributed by atoms with Crippen molar-refractivity contribution in [3.63, 3.8) is 0 Å². The van der Waals surface area contributed by atoms with Gasteiger partial charge >= 0.3 is 6.61 Å². The lowest BCUT2D eigenvalue weighted by molar-refractivity contribution is -0.164. The second-order valence-electron chi connectivity index (χ2n) is 6.06. The van der Waals surface area contributed by atoms with Gasteiger partial charge in [0.25, 0.3) is 0 Å². The summed E-state index contributed by atoms with van der Waals surface area (Å²) in [5, 5.41) is 0. The number of alkyl halides is 2. The summed E-state index contributed by atoms with van der Waals surface area (Å²) in [7, 11) is -3.49. The smallest absolute Gasteiger partial charge is 0.345 e. The van der Waals surface area contributed by atoms with Gasteiger partial charge in [-0.1, -0.05) is 20.8 Å². The van der Waals surface area contributed by atoms with Gasteiger partial charge in [-0.15, -0.1) is 0 Å². The highest BCUT2D eigenvalue weighted by Crippen LogP contribution is 2.29. The molecule has 0 aromatic carbocycles. The van der Waals surface area contributed by atoms with E-state index < -0.39 is 28.0 Å². The highest BCUT2D eigenvalue weighted by molar-refractivity contribution is 7.90. The van der Waals surface area contributed by atoms with Crippen LogP contribution in [0.4, 0.5) is 8.78 Å². The van der Waals surface area contributed by atoms with Gasteiger partial charge in [0.2, 0.25) is 0 Å². The van der Waals surface area contributed by atoms with E-state index in [-0.39, 0.29) is 17.3 Å². The minimum Gasteiger partial charge on any atom is -0.489 e. The van der Waals surface area contributed by atoms with Gasteiger partial charge in [-0.25, -0.2) is 8.42 Å². The number of halogens is 2. The molecule has 1 aromatic rings. The molecule has 1 heterocycles. The van der Waals surface area contributed by atoms with Crippen LogP contribution in [0.2, 0.25) is 0 Å². The molecule has 0 aliphatic heterocycles. The van der Waals surface area contributed by atoms with Crippen molar-refractivity contribution in [3.8, 4) is 5.75 Å². The molecule has 126 valence electrons. The van der Waals surface area contributed by atoms with Crippen LogP contribution < -0.4 is 4.74 Å². The van der Waals surface area contributed by atoms with E-state index in [1.807, 2.05) is 20.8 Å². The lowest BCUT2D eigenvalue weighted by Crippen LogP contribution is -2.22. The van der Waals surface area contributed by atoms with Gasteiger partial charge in [-0.2, -0.15) is 8.78 Å². The third-order valence-corrected chi connectivity index (χ3v) is 3.87. The monoisotopic (exact) mass is 337 g/mol. The molecular formula is C14H21F2NO4S. The fraction of sp³-hybridized carbons (Fsp3) is 0.643. The molecule has 1 atom stereocenters. The Labute approximate surface area is 129 Å². The molecule has 1 unspecified atom stereocenters. The number of pyridine rings is 1. The average molecular weight is 337 g/mol. The van der Waals surface area contributed by atoms with Gasteiger partial charge < -0.3 is 9.47 Å². The molecule has 1 aromatic heterocycles. The third-order valence-electron chi connectivity index (χ3n) is 2.76. The minimum absolute atomic E-state index is 0.0694. The van der Waals surface area contributed by atoms with E-state index in [4.69, 9.17) is 4.74 Å². The molecule has 5 nitrogen and oxygen atoms in total. The quantitative estimate of drug-likeness (QED) is 0.798. The zero-order valence-corrected chi connectivity index (χ0v) is 14.1. The molecule has 0 aliphatic rings. The van der Waals surface area contributed by atoms with Crippen molar-refractivity contribution < 1.29 is 26.7 Å². The maximum Gasteiger partial charge on any atom is 0.345 e. The van der Waals surface area contributed by atoms with Gasteiger partial charge in [-0.3, -0.25) is 4.98 Å². The van der Waals surface area contributed by atoms with E-state index in [9.17, 15) is 17.2 Å². The first-order chi connectivity index (χ1) is 9.91. The summed E-state index contributed by atoms with van der Waals surface area (Å²) in [5.41, 5.74) is -0.0255. The van der Waals surface area contributed by atoms with Crippen molar-refractivity contribution in [2.24, 2.45) is 0 Å². The highest BCUT2D eigenvalue weighted by Gasteiger charge is 2.25. The van der Waals surface area contributed by atoms with Crippen LogP contribution in [0.3, 0.4) is 0 Å². The predicted octanol–water partition coefficient (Wildman–Crippen LogP) is 2.79. The van der Waals surface area contributed by atoms with E-state index in [1.165, 1.54) is 19.2 Å². The standard InChI is InChI=1S/C14H21F2NO4S/c1-9(21-13(15)16)8-20-10-6-11(22(5,18)19)12(17-7-10)14(2,3)4/h6-7,9,13H,8H2,1-5H3. The van der Waals surface area contributed by atoms with E-state index in [0.717, 1.165) is 6.26 Å². The van der Waals surface area contributed by atoms with Crippen LogP contribution in [0.15, 0.2) is 17.2 Å².